The number of hydrogen-bond acceptors (Lipinski definition) is 5. The predicted octanol–water partition coefficient (Wildman–Crippen LogP) is 4.00. The van der Waals surface area contributed by atoms with Crippen molar-refractivity contribution in [2.75, 3.05) is 5.32 Å². The molecule has 34 heavy (non-hydrogen) atoms. The van der Waals surface area contributed by atoms with Crippen LogP contribution < -0.4 is 16.2 Å². The minimum atomic E-state index is -0.790. The number of amides is 2. The molecule has 0 spiro atoms. The number of pyridine rings is 2. The van der Waals surface area contributed by atoms with Gasteiger partial charge in [0.1, 0.15) is 23.7 Å². The average Bonchev–Trinajstić information content (AvgIpc) is 3.70. The molecular formula is C25H31FN4O4. The zero-order valence-electron chi connectivity index (χ0n) is 18.5. The first-order valence-electron chi connectivity index (χ1n) is 11.5. The molecule has 0 bridgehead atoms. The number of nitrogens with zero attached hydrogens (tertiary/aromatic N) is 2. The molecule has 0 atom stereocenters. The third kappa shape index (κ3) is 4.83. The van der Waals surface area contributed by atoms with Gasteiger partial charge in [0, 0.05) is 17.5 Å². The fraction of sp³-hybridized carbons (Fsp3) is 0.520. The summed E-state index contributed by atoms with van der Waals surface area (Å²) in [6.07, 6.45) is 6.72. The number of carbonyl (C=O) groups excluding carboxylic acids is 2. The molecule has 8 nitrogen and oxygen atoms in total. The van der Waals surface area contributed by atoms with Crippen LogP contribution in [0.3, 0.4) is 0 Å². The van der Waals surface area contributed by atoms with E-state index in [1.165, 1.54) is 22.9 Å². The van der Waals surface area contributed by atoms with Gasteiger partial charge in [0.15, 0.2) is 0 Å². The number of cyclic esters (lactones) is 1. The normalized spacial score (nSPS) is 18.2. The molecule has 2 aliphatic carbocycles. The summed E-state index contributed by atoms with van der Waals surface area (Å²) in [6, 6.07) is 4.61. The molecule has 0 radical (unpaired) electrons. The fourth-order valence-electron chi connectivity index (χ4n) is 4.70. The summed E-state index contributed by atoms with van der Waals surface area (Å²) < 4.78 is 21.0. The molecule has 1 aliphatic heterocycles. The van der Waals surface area contributed by atoms with Crippen LogP contribution in [0.4, 0.5) is 14.9 Å². The third-order valence-corrected chi connectivity index (χ3v) is 6.73. The van der Waals surface area contributed by atoms with Crippen molar-refractivity contribution in [3.8, 4) is 0 Å². The van der Waals surface area contributed by atoms with Gasteiger partial charge in [-0.05, 0) is 49.8 Å². The van der Waals surface area contributed by atoms with Crippen LogP contribution >= 0.6 is 0 Å². The van der Waals surface area contributed by atoms with Crippen LogP contribution in [0.25, 0.3) is 0 Å². The highest BCUT2D eigenvalue weighted by Crippen LogP contribution is 2.52. The Kier molecular flexibility index (Phi) is 6.47. The number of aryl methyl sites for hydroxylation is 1. The van der Waals surface area contributed by atoms with Gasteiger partial charge in [0.2, 0.25) is 5.91 Å². The Morgan fingerprint density at radius 1 is 1.26 bits per heavy atom. The van der Waals surface area contributed by atoms with E-state index in [0.717, 1.165) is 44.1 Å². The largest absolute Gasteiger partial charge is 0.438 e. The van der Waals surface area contributed by atoms with Crippen molar-refractivity contribution in [1.29, 1.82) is 0 Å². The fourth-order valence-corrected chi connectivity index (χ4v) is 4.70. The summed E-state index contributed by atoms with van der Waals surface area (Å²) in [5, 5.41) is 5.19. The molecule has 0 unspecified atom stereocenters. The molecular weight excluding hydrogens is 439 g/mol. The number of halogens is 1. The molecule has 5 rings (SSSR count). The molecule has 2 fully saturated rings. The Labute approximate surface area is 197 Å². The lowest BCUT2D eigenvalue weighted by molar-refractivity contribution is -0.121. The van der Waals surface area contributed by atoms with Gasteiger partial charge in [-0.15, -0.1) is 0 Å². The maximum atomic E-state index is 13.8. The second-order valence-electron chi connectivity index (χ2n) is 9.48. The molecule has 2 amide bonds. The maximum absolute atomic E-state index is 13.8. The molecule has 3 aliphatic rings. The topological polar surface area (TPSA) is 102 Å². The summed E-state index contributed by atoms with van der Waals surface area (Å²) >= 11 is 0. The highest BCUT2D eigenvalue weighted by atomic mass is 19.1. The smallest absolute Gasteiger partial charge is 0.412 e. The first-order chi connectivity index (χ1) is 15.8. The monoisotopic (exact) mass is 470 g/mol. The number of nitrogens with one attached hydrogen (secondary N) is 2. The van der Waals surface area contributed by atoms with Gasteiger partial charge in [-0.2, -0.15) is 0 Å². The van der Waals surface area contributed by atoms with Crippen molar-refractivity contribution in [3.63, 3.8) is 0 Å². The van der Waals surface area contributed by atoms with Crippen LogP contribution in [0.5, 0.6) is 0 Å². The molecule has 2 N–H and O–H groups in total. The van der Waals surface area contributed by atoms with Crippen LogP contribution in [0.2, 0.25) is 0 Å². The van der Waals surface area contributed by atoms with Crippen LogP contribution in [0, 0.1) is 24.6 Å². The summed E-state index contributed by atoms with van der Waals surface area (Å²) in [5.41, 5.74) is 0.416. The molecule has 0 saturated heterocycles. The van der Waals surface area contributed by atoms with E-state index in [0.29, 0.717) is 17.5 Å². The van der Waals surface area contributed by atoms with E-state index < -0.39 is 29.0 Å². The third-order valence-electron chi connectivity index (χ3n) is 6.73. The van der Waals surface area contributed by atoms with Gasteiger partial charge in [-0.1, -0.05) is 33.1 Å². The lowest BCUT2D eigenvalue weighted by Gasteiger charge is -2.39. The average molecular weight is 471 g/mol. The first kappa shape index (κ1) is 23.9. The van der Waals surface area contributed by atoms with E-state index in [2.05, 4.69) is 15.6 Å². The Morgan fingerprint density at radius 3 is 2.56 bits per heavy atom. The van der Waals surface area contributed by atoms with E-state index in [9.17, 15) is 18.8 Å². The Bertz CT molecular complexity index is 1160. The van der Waals surface area contributed by atoms with E-state index in [1.54, 1.807) is 6.92 Å². The Hall–Kier alpha value is -3.23. The minimum Gasteiger partial charge on any atom is -0.438 e. The SMILES string of the molecule is C.Cc1cc2c(c(=O)n1CC(=O)NCc1ncccc1F)NC(=O)OC2(CC1CC1)CC1CC1. The van der Waals surface area contributed by atoms with Gasteiger partial charge in [0.05, 0.1) is 12.2 Å². The maximum Gasteiger partial charge on any atom is 0.412 e. The predicted molar refractivity (Wildman–Crippen MR) is 125 cm³/mol. The van der Waals surface area contributed by atoms with E-state index in [4.69, 9.17) is 4.74 Å². The molecule has 0 aromatic carbocycles. The quantitative estimate of drug-likeness (QED) is 0.607. The zero-order chi connectivity index (χ0) is 23.2. The van der Waals surface area contributed by atoms with Gasteiger partial charge < -0.3 is 14.6 Å². The first-order valence-corrected chi connectivity index (χ1v) is 11.5. The highest BCUT2D eigenvalue weighted by Gasteiger charge is 2.49. The van der Waals surface area contributed by atoms with Crippen molar-refractivity contribution in [1.82, 2.24) is 14.9 Å². The number of fused-ring (bicyclic) bond motifs is 1. The summed E-state index contributed by atoms with van der Waals surface area (Å²) in [6.45, 7) is 1.44. The summed E-state index contributed by atoms with van der Waals surface area (Å²) in [7, 11) is 0. The van der Waals surface area contributed by atoms with Crippen molar-refractivity contribution in [2.45, 2.75) is 71.6 Å². The van der Waals surface area contributed by atoms with Crippen molar-refractivity contribution in [3.05, 3.63) is 57.5 Å². The second-order valence-corrected chi connectivity index (χ2v) is 9.48. The number of hydrogen-bond donors (Lipinski definition) is 2. The molecule has 182 valence electrons. The number of carbonyl (C=O) groups is 2. The lowest BCUT2D eigenvalue weighted by atomic mass is 9.81. The summed E-state index contributed by atoms with van der Waals surface area (Å²) in [4.78, 5) is 42.3. The van der Waals surface area contributed by atoms with Crippen LogP contribution in [0.15, 0.2) is 29.2 Å². The molecule has 3 heterocycles. The van der Waals surface area contributed by atoms with E-state index in [1.807, 2.05) is 6.07 Å². The highest BCUT2D eigenvalue weighted by molar-refractivity contribution is 5.88. The van der Waals surface area contributed by atoms with E-state index >= 15 is 0 Å². The Morgan fingerprint density at radius 2 is 1.94 bits per heavy atom. The molecule has 2 aromatic heterocycles. The molecule has 2 aromatic rings. The van der Waals surface area contributed by atoms with Crippen molar-refractivity contribution >= 4 is 17.7 Å². The summed E-state index contributed by atoms with van der Waals surface area (Å²) in [5.74, 6) is 0.0436. The van der Waals surface area contributed by atoms with Crippen LogP contribution in [-0.4, -0.2) is 21.6 Å². The second kappa shape index (κ2) is 9.19. The Balaban J connectivity index is 0.00000274. The number of rotatable bonds is 8. The van der Waals surface area contributed by atoms with Crippen LogP contribution in [0.1, 0.15) is 62.9 Å². The zero-order valence-corrected chi connectivity index (χ0v) is 18.5. The lowest BCUT2D eigenvalue weighted by Crippen LogP contribution is -2.45. The van der Waals surface area contributed by atoms with E-state index in [-0.39, 0.29) is 31.9 Å². The van der Waals surface area contributed by atoms with Crippen molar-refractivity contribution in [2.24, 2.45) is 11.8 Å². The van der Waals surface area contributed by atoms with Crippen molar-refractivity contribution < 1.29 is 18.7 Å². The van der Waals surface area contributed by atoms with Crippen LogP contribution in [-0.2, 0) is 28.2 Å². The number of anilines is 1. The molecule has 9 heteroatoms. The standard InChI is InChI=1S/C24H27FN4O4.CH4/c1-14-9-17-21(28-23(32)33-24(17,10-15-4-5-15)11-16-6-7-16)22(31)29(14)13-20(30)27-12-19-18(25)3-2-8-26-19;/h2-3,8-9,15-16H,4-7,10-13H2,1H3,(H,27,30)(H,28,32);1H4. The minimum absolute atomic E-state index is 0. The van der Waals surface area contributed by atoms with Gasteiger partial charge in [-0.3, -0.25) is 19.9 Å². The molecule has 2 saturated carbocycles. The number of aromatic nitrogens is 2. The van der Waals surface area contributed by atoms with Gasteiger partial charge in [0.25, 0.3) is 5.56 Å². The van der Waals surface area contributed by atoms with Gasteiger partial charge >= 0.3 is 6.09 Å². The van der Waals surface area contributed by atoms with Gasteiger partial charge in [-0.25, -0.2) is 9.18 Å². The number of ether oxygens (including phenoxy) is 1.